The standard InChI is InChI=1S/C22H13Cl3N6/c23-15-6-4-5-14(11-15)21-18(13-26-31(21)20-10-9-16(24)12-19(20)25)22-27-28-29-30(22)17-7-2-1-3-8-17/h1-13H. The molecule has 2 heterocycles. The van der Waals surface area contributed by atoms with Gasteiger partial charge in [0, 0.05) is 15.6 Å². The molecule has 5 aromatic rings. The molecule has 0 unspecified atom stereocenters. The van der Waals surface area contributed by atoms with Crippen LogP contribution in [-0.2, 0) is 0 Å². The summed E-state index contributed by atoms with van der Waals surface area (Å²) in [4.78, 5) is 0. The number of nitrogens with zero attached hydrogens (tertiary/aromatic N) is 6. The Bertz CT molecular complexity index is 1380. The van der Waals surface area contributed by atoms with E-state index in [9.17, 15) is 0 Å². The van der Waals surface area contributed by atoms with Crippen LogP contribution in [0.15, 0.2) is 79.0 Å². The molecule has 0 atom stereocenters. The Morgan fingerprint density at radius 1 is 0.742 bits per heavy atom. The van der Waals surface area contributed by atoms with Crippen LogP contribution in [0.1, 0.15) is 0 Å². The lowest BCUT2D eigenvalue weighted by molar-refractivity contribution is 0.791. The van der Waals surface area contributed by atoms with E-state index in [0.717, 1.165) is 22.5 Å². The normalized spacial score (nSPS) is 11.1. The summed E-state index contributed by atoms with van der Waals surface area (Å²) in [6, 6.07) is 22.4. The molecule has 31 heavy (non-hydrogen) atoms. The minimum Gasteiger partial charge on any atom is -0.231 e. The van der Waals surface area contributed by atoms with Gasteiger partial charge in [-0.3, -0.25) is 0 Å². The SMILES string of the molecule is Clc1cccc(-c2c(-c3nnnn3-c3ccccc3)cnn2-c2ccc(Cl)cc2Cl)c1. The van der Waals surface area contributed by atoms with Crippen molar-refractivity contribution in [2.45, 2.75) is 0 Å². The number of hydrogen-bond acceptors (Lipinski definition) is 4. The van der Waals surface area contributed by atoms with Crippen LogP contribution in [-0.4, -0.2) is 30.0 Å². The average Bonchev–Trinajstić information content (AvgIpc) is 3.41. The first kappa shape index (κ1) is 19.8. The van der Waals surface area contributed by atoms with E-state index in [-0.39, 0.29) is 0 Å². The molecule has 0 spiro atoms. The summed E-state index contributed by atoms with van der Waals surface area (Å²) in [5, 5.41) is 18.6. The number of tetrazole rings is 1. The van der Waals surface area contributed by atoms with Crippen molar-refractivity contribution in [3.8, 4) is 34.0 Å². The Morgan fingerprint density at radius 3 is 2.32 bits per heavy atom. The summed E-state index contributed by atoms with van der Waals surface area (Å²) >= 11 is 18.9. The van der Waals surface area contributed by atoms with Gasteiger partial charge >= 0.3 is 0 Å². The molecule has 0 aliphatic heterocycles. The fourth-order valence-corrected chi connectivity index (χ4v) is 4.04. The van der Waals surface area contributed by atoms with Crippen LogP contribution in [0, 0.1) is 0 Å². The van der Waals surface area contributed by atoms with Crippen LogP contribution in [0.4, 0.5) is 0 Å². The molecule has 0 N–H and O–H groups in total. The average molecular weight is 468 g/mol. The Hall–Kier alpha value is -3.19. The fraction of sp³-hybridized carbons (Fsp3) is 0. The molecule has 0 amide bonds. The van der Waals surface area contributed by atoms with Gasteiger partial charge in [0.1, 0.15) is 0 Å². The van der Waals surface area contributed by atoms with E-state index in [4.69, 9.17) is 34.8 Å². The summed E-state index contributed by atoms with van der Waals surface area (Å²) in [6.45, 7) is 0. The summed E-state index contributed by atoms with van der Waals surface area (Å²) in [5.41, 5.74) is 3.82. The maximum atomic E-state index is 6.50. The Balaban J connectivity index is 1.77. The molecule has 5 rings (SSSR count). The third-order valence-electron chi connectivity index (χ3n) is 4.72. The molecule has 0 fully saturated rings. The molecule has 0 radical (unpaired) electrons. The minimum atomic E-state index is 0.466. The molecule has 0 saturated carbocycles. The number of benzene rings is 3. The number of aromatic nitrogens is 6. The Labute approximate surface area is 192 Å². The van der Waals surface area contributed by atoms with E-state index in [1.807, 2.05) is 60.7 Å². The van der Waals surface area contributed by atoms with E-state index in [0.29, 0.717) is 26.6 Å². The highest BCUT2D eigenvalue weighted by Crippen LogP contribution is 2.36. The zero-order valence-corrected chi connectivity index (χ0v) is 18.1. The molecule has 0 aliphatic carbocycles. The van der Waals surface area contributed by atoms with Crippen molar-refractivity contribution >= 4 is 34.8 Å². The molecule has 9 heteroatoms. The molecule has 0 aliphatic rings. The van der Waals surface area contributed by atoms with Crippen molar-refractivity contribution in [3.63, 3.8) is 0 Å². The highest BCUT2D eigenvalue weighted by molar-refractivity contribution is 6.35. The second-order valence-corrected chi connectivity index (χ2v) is 7.95. The second kappa shape index (κ2) is 8.15. The predicted octanol–water partition coefficient (Wildman–Crippen LogP) is 6.14. The van der Waals surface area contributed by atoms with Gasteiger partial charge < -0.3 is 0 Å². The van der Waals surface area contributed by atoms with Gasteiger partial charge in [0.25, 0.3) is 0 Å². The Kier molecular flexibility index (Phi) is 5.19. The summed E-state index contributed by atoms with van der Waals surface area (Å²) in [5.74, 6) is 0.539. The topological polar surface area (TPSA) is 61.4 Å². The number of rotatable bonds is 4. The van der Waals surface area contributed by atoms with E-state index >= 15 is 0 Å². The third-order valence-corrected chi connectivity index (χ3v) is 5.49. The number of hydrogen-bond donors (Lipinski definition) is 0. The van der Waals surface area contributed by atoms with Crippen molar-refractivity contribution in [3.05, 3.63) is 94.1 Å². The molecule has 0 bridgehead atoms. The third kappa shape index (κ3) is 3.70. The largest absolute Gasteiger partial charge is 0.231 e. The molecule has 152 valence electrons. The summed E-state index contributed by atoms with van der Waals surface area (Å²) in [7, 11) is 0. The van der Waals surface area contributed by atoms with Gasteiger partial charge in [-0.1, -0.05) is 65.1 Å². The first-order valence-electron chi connectivity index (χ1n) is 9.25. The van der Waals surface area contributed by atoms with Crippen molar-refractivity contribution in [2.75, 3.05) is 0 Å². The van der Waals surface area contributed by atoms with Crippen LogP contribution < -0.4 is 0 Å². The van der Waals surface area contributed by atoms with E-state index in [1.165, 1.54) is 0 Å². The minimum absolute atomic E-state index is 0.466. The lowest BCUT2D eigenvalue weighted by atomic mass is 10.1. The Morgan fingerprint density at radius 2 is 1.55 bits per heavy atom. The van der Waals surface area contributed by atoms with Gasteiger partial charge in [0.2, 0.25) is 0 Å². The maximum Gasteiger partial charge on any atom is 0.190 e. The van der Waals surface area contributed by atoms with Crippen LogP contribution >= 0.6 is 34.8 Å². The summed E-state index contributed by atoms with van der Waals surface area (Å²) in [6.07, 6.45) is 1.71. The first-order chi connectivity index (χ1) is 15.1. The van der Waals surface area contributed by atoms with Gasteiger partial charge in [0.15, 0.2) is 5.82 Å². The summed E-state index contributed by atoms with van der Waals surface area (Å²) < 4.78 is 3.41. The van der Waals surface area contributed by atoms with Gasteiger partial charge in [-0.15, -0.1) is 5.10 Å². The second-order valence-electron chi connectivity index (χ2n) is 6.67. The van der Waals surface area contributed by atoms with Crippen molar-refractivity contribution in [2.24, 2.45) is 0 Å². The van der Waals surface area contributed by atoms with E-state index < -0.39 is 0 Å². The van der Waals surface area contributed by atoms with Crippen LogP contribution in [0.25, 0.3) is 34.0 Å². The van der Waals surface area contributed by atoms with Crippen LogP contribution in [0.5, 0.6) is 0 Å². The van der Waals surface area contributed by atoms with Gasteiger partial charge in [0.05, 0.1) is 33.9 Å². The van der Waals surface area contributed by atoms with Crippen molar-refractivity contribution < 1.29 is 0 Å². The fourth-order valence-electron chi connectivity index (χ4n) is 3.36. The maximum absolute atomic E-state index is 6.50. The van der Waals surface area contributed by atoms with Crippen molar-refractivity contribution in [1.29, 1.82) is 0 Å². The van der Waals surface area contributed by atoms with Gasteiger partial charge in [-0.25, -0.2) is 4.68 Å². The van der Waals surface area contributed by atoms with Crippen LogP contribution in [0.3, 0.4) is 0 Å². The van der Waals surface area contributed by atoms with Gasteiger partial charge in [-0.2, -0.15) is 9.78 Å². The lowest BCUT2D eigenvalue weighted by Gasteiger charge is -2.12. The predicted molar refractivity (Wildman–Crippen MR) is 122 cm³/mol. The molecular weight excluding hydrogens is 455 g/mol. The molecule has 3 aromatic carbocycles. The zero-order valence-electron chi connectivity index (χ0n) is 15.8. The van der Waals surface area contributed by atoms with E-state index in [2.05, 4.69) is 20.6 Å². The number of halogens is 3. The number of para-hydroxylation sites is 1. The molecule has 6 nitrogen and oxygen atoms in total. The lowest BCUT2D eigenvalue weighted by Crippen LogP contribution is -2.03. The quantitative estimate of drug-likeness (QED) is 0.318. The molecule has 0 saturated heterocycles. The zero-order chi connectivity index (χ0) is 21.4. The van der Waals surface area contributed by atoms with Gasteiger partial charge in [-0.05, 0) is 52.9 Å². The highest BCUT2D eigenvalue weighted by atomic mass is 35.5. The van der Waals surface area contributed by atoms with E-state index in [1.54, 1.807) is 27.7 Å². The van der Waals surface area contributed by atoms with Crippen molar-refractivity contribution in [1.82, 2.24) is 30.0 Å². The molecule has 2 aromatic heterocycles. The first-order valence-corrected chi connectivity index (χ1v) is 10.4. The smallest absolute Gasteiger partial charge is 0.190 e. The molecular formula is C22H13Cl3N6. The highest BCUT2D eigenvalue weighted by Gasteiger charge is 2.22. The monoisotopic (exact) mass is 466 g/mol. The van der Waals surface area contributed by atoms with Crippen LogP contribution in [0.2, 0.25) is 15.1 Å².